The number of carbonyl (C=O) groups is 1. The van der Waals surface area contributed by atoms with Crippen LogP contribution in [0.3, 0.4) is 0 Å². The van der Waals surface area contributed by atoms with Gasteiger partial charge >= 0.3 is 5.97 Å². The highest BCUT2D eigenvalue weighted by atomic mass is 16.7. The monoisotopic (exact) mass is 828 g/mol. The molecule has 7 aliphatic rings. The first-order valence-corrected chi connectivity index (χ1v) is 21.3. The standard InChI is InChI=1S/C42H68O16/c1-18-9-10-42(37(54)58-36-32(52)30(50)28(48)24(57-36)16-55-35-31(51)29(49)27(47)23(15-43)56-35)12-11-40(5)20(26(42)19(18)2)7-8-25-38(3)13-22(46)34(53)39(4,17-44)33(38)21(45)14-41(25,40)6/h7,18-19,21-36,43-53H,8-17H2,1-6H3/t18-,19+,21-,22-,23-,24-,25-,26+,27-,28-,29+,30+,31-,32-,33-,34+,35-,36+,38-,39+,40-,41-,42+/m1/s1. The van der Waals surface area contributed by atoms with E-state index in [1.54, 1.807) is 6.92 Å². The number of fused-ring (bicyclic) bond motifs is 7. The average molecular weight is 829 g/mol. The number of carbonyl (C=O) groups excluding carboxylic acids is 1. The number of aliphatic hydroxyl groups is 11. The molecule has 2 aliphatic heterocycles. The van der Waals surface area contributed by atoms with Crippen molar-refractivity contribution < 1.29 is 79.9 Å². The van der Waals surface area contributed by atoms with Crippen molar-refractivity contribution in [2.45, 2.75) is 166 Å². The van der Waals surface area contributed by atoms with E-state index in [1.165, 1.54) is 0 Å². The normalized spacial score (nSPS) is 56.9. The summed E-state index contributed by atoms with van der Waals surface area (Å²) in [6.45, 7) is 11.0. The summed E-state index contributed by atoms with van der Waals surface area (Å²) in [5.41, 5.74) is -2.64. The molecule has 6 fully saturated rings. The van der Waals surface area contributed by atoms with E-state index in [0.29, 0.717) is 32.1 Å². The molecule has 0 aromatic carbocycles. The minimum Gasteiger partial charge on any atom is -0.432 e. The average Bonchev–Trinajstić information content (AvgIpc) is 3.17. The van der Waals surface area contributed by atoms with Crippen LogP contribution in [0.15, 0.2) is 11.6 Å². The van der Waals surface area contributed by atoms with Crippen LogP contribution in [0, 0.1) is 56.7 Å². The van der Waals surface area contributed by atoms with Crippen molar-refractivity contribution in [2.24, 2.45) is 56.7 Å². The maximum atomic E-state index is 14.8. The first-order chi connectivity index (χ1) is 27.1. The van der Waals surface area contributed by atoms with Gasteiger partial charge in [-0.1, -0.05) is 53.2 Å². The van der Waals surface area contributed by atoms with Crippen LogP contribution >= 0.6 is 0 Å². The van der Waals surface area contributed by atoms with Crippen molar-refractivity contribution in [2.75, 3.05) is 19.8 Å². The molecule has 2 heterocycles. The minimum atomic E-state index is -1.83. The highest BCUT2D eigenvalue weighted by molar-refractivity contribution is 5.79. The quantitative estimate of drug-likeness (QED) is 0.109. The Hall–Kier alpha value is -1.35. The van der Waals surface area contributed by atoms with Crippen molar-refractivity contribution in [3.63, 3.8) is 0 Å². The summed E-state index contributed by atoms with van der Waals surface area (Å²) in [6.07, 6.45) is -13.7. The van der Waals surface area contributed by atoms with E-state index in [4.69, 9.17) is 18.9 Å². The molecule has 2 saturated heterocycles. The second kappa shape index (κ2) is 15.5. The lowest BCUT2D eigenvalue weighted by Gasteiger charge is -2.72. The van der Waals surface area contributed by atoms with Crippen molar-refractivity contribution in [3.05, 3.63) is 11.6 Å². The van der Waals surface area contributed by atoms with Crippen LogP contribution in [0.2, 0.25) is 0 Å². The molecular weight excluding hydrogens is 760 g/mol. The number of esters is 1. The van der Waals surface area contributed by atoms with E-state index >= 15 is 0 Å². The SMILES string of the molecule is C[C@H]1[C@H](C)CC[C@]2(C(=O)O[C@@H]3O[C@H](CO[C@@H]4O[C@H](CO)[C@@H](O)[C@H](O)[C@H]4O)[C@@H](O)[C@H](O)[C@H]3O)CC[C@]3(C)C(=CC[C@@H]4[C@@]5(C)C[C@@H](O)[C@H](O)[C@@](C)(CO)[C@@H]5[C@H](O)C[C@]43C)[C@H]12. The van der Waals surface area contributed by atoms with E-state index < -0.39 is 132 Å². The fourth-order valence-electron chi connectivity index (χ4n) is 13.9. The fourth-order valence-corrected chi connectivity index (χ4v) is 13.9. The van der Waals surface area contributed by atoms with Crippen molar-refractivity contribution >= 4 is 5.97 Å². The Bertz CT molecular complexity index is 1560. The molecule has 16 heteroatoms. The molecule has 0 aromatic rings. The lowest BCUT2D eigenvalue weighted by molar-refractivity contribution is -0.328. The zero-order chi connectivity index (χ0) is 42.7. The fraction of sp³-hybridized carbons (Fsp3) is 0.929. The van der Waals surface area contributed by atoms with Crippen molar-refractivity contribution in [3.8, 4) is 0 Å². The highest BCUT2D eigenvalue weighted by Crippen LogP contribution is 2.76. The lowest BCUT2D eigenvalue weighted by atomic mass is 9.32. The number of allylic oxidation sites excluding steroid dienone is 2. The molecule has 16 nitrogen and oxygen atoms in total. The third-order valence-corrected chi connectivity index (χ3v) is 17.5. The molecule has 0 unspecified atom stereocenters. The molecule has 7 rings (SSSR count). The van der Waals surface area contributed by atoms with E-state index in [2.05, 4.69) is 40.7 Å². The molecule has 0 bridgehead atoms. The summed E-state index contributed by atoms with van der Waals surface area (Å²) in [4.78, 5) is 14.8. The third kappa shape index (κ3) is 6.33. The summed E-state index contributed by atoms with van der Waals surface area (Å²) in [5.74, 6) is -1.10. The van der Waals surface area contributed by atoms with Crippen molar-refractivity contribution in [1.82, 2.24) is 0 Å². The van der Waals surface area contributed by atoms with Gasteiger partial charge < -0.3 is 75.1 Å². The third-order valence-electron chi connectivity index (χ3n) is 17.5. The zero-order valence-electron chi connectivity index (χ0n) is 34.5. The van der Waals surface area contributed by atoms with Gasteiger partial charge in [-0.25, -0.2) is 0 Å². The first-order valence-electron chi connectivity index (χ1n) is 21.3. The Kier molecular flexibility index (Phi) is 11.9. The van der Waals surface area contributed by atoms with Gasteiger partial charge in [-0.3, -0.25) is 4.79 Å². The van der Waals surface area contributed by atoms with Gasteiger partial charge in [-0.2, -0.15) is 0 Å². The summed E-state index contributed by atoms with van der Waals surface area (Å²) < 4.78 is 22.9. The molecule has 4 saturated carbocycles. The van der Waals surface area contributed by atoms with E-state index in [1.807, 2.05) is 0 Å². The Morgan fingerprint density at radius 1 is 0.776 bits per heavy atom. The van der Waals surface area contributed by atoms with Gasteiger partial charge in [-0.05, 0) is 84.9 Å². The Balaban J connectivity index is 1.16. The maximum Gasteiger partial charge on any atom is 0.315 e. The molecule has 332 valence electrons. The highest BCUT2D eigenvalue weighted by Gasteiger charge is 2.73. The molecule has 0 amide bonds. The Labute approximate surface area is 339 Å². The van der Waals surface area contributed by atoms with Gasteiger partial charge in [0.05, 0.1) is 43.5 Å². The van der Waals surface area contributed by atoms with Gasteiger partial charge in [0, 0.05) is 11.3 Å². The van der Waals surface area contributed by atoms with Crippen LogP contribution in [0.5, 0.6) is 0 Å². The molecule has 23 atom stereocenters. The predicted octanol–water partition coefficient (Wildman–Crippen LogP) is -0.914. The van der Waals surface area contributed by atoms with Gasteiger partial charge in [0.15, 0.2) is 6.29 Å². The number of ether oxygens (including phenoxy) is 4. The van der Waals surface area contributed by atoms with Crippen LogP contribution in [-0.2, 0) is 23.7 Å². The number of hydrogen-bond donors (Lipinski definition) is 11. The molecule has 0 spiro atoms. The van der Waals surface area contributed by atoms with Crippen molar-refractivity contribution in [1.29, 1.82) is 0 Å². The van der Waals surface area contributed by atoms with E-state index in [9.17, 15) is 61.0 Å². The largest absolute Gasteiger partial charge is 0.432 e. The lowest BCUT2D eigenvalue weighted by Crippen LogP contribution is -2.71. The molecule has 11 N–H and O–H groups in total. The van der Waals surface area contributed by atoms with Crippen LogP contribution < -0.4 is 0 Å². The van der Waals surface area contributed by atoms with Crippen LogP contribution in [0.1, 0.15) is 86.5 Å². The molecule has 0 radical (unpaired) electrons. The second-order valence-corrected chi connectivity index (χ2v) is 20.3. The molecule has 58 heavy (non-hydrogen) atoms. The van der Waals surface area contributed by atoms with Crippen LogP contribution in [0.4, 0.5) is 0 Å². The summed E-state index contributed by atoms with van der Waals surface area (Å²) in [7, 11) is 0. The molecule has 5 aliphatic carbocycles. The minimum absolute atomic E-state index is 0.0215. The van der Waals surface area contributed by atoms with E-state index in [-0.39, 0.29) is 36.7 Å². The predicted molar refractivity (Wildman–Crippen MR) is 202 cm³/mol. The first kappa shape index (κ1) is 44.7. The Morgan fingerprint density at radius 3 is 2.03 bits per heavy atom. The number of aliphatic hydroxyl groups excluding tert-OH is 11. The molecular formula is C42H68O16. The smallest absolute Gasteiger partial charge is 0.315 e. The zero-order valence-corrected chi connectivity index (χ0v) is 34.5. The molecule has 0 aromatic heterocycles. The summed E-state index contributed by atoms with van der Waals surface area (Å²) >= 11 is 0. The van der Waals surface area contributed by atoms with Gasteiger partial charge in [-0.15, -0.1) is 0 Å². The second-order valence-electron chi connectivity index (χ2n) is 20.3. The number of rotatable bonds is 7. The van der Waals surface area contributed by atoms with Gasteiger partial charge in [0.25, 0.3) is 0 Å². The van der Waals surface area contributed by atoms with E-state index in [0.717, 1.165) is 12.0 Å². The maximum absolute atomic E-state index is 14.8. The topological polar surface area (TPSA) is 277 Å². The summed E-state index contributed by atoms with van der Waals surface area (Å²) in [5, 5.41) is 118. The Morgan fingerprint density at radius 2 is 1.40 bits per heavy atom. The number of hydrogen-bond acceptors (Lipinski definition) is 16. The van der Waals surface area contributed by atoms with Crippen LogP contribution in [-0.4, -0.2) is 162 Å². The summed E-state index contributed by atoms with van der Waals surface area (Å²) in [6, 6.07) is 0. The van der Waals surface area contributed by atoms with Gasteiger partial charge in [0.2, 0.25) is 6.29 Å². The van der Waals surface area contributed by atoms with Crippen LogP contribution in [0.25, 0.3) is 0 Å². The van der Waals surface area contributed by atoms with Gasteiger partial charge in [0.1, 0.15) is 48.8 Å².